The van der Waals surface area contributed by atoms with E-state index in [-0.39, 0.29) is 5.82 Å². The van der Waals surface area contributed by atoms with Crippen molar-refractivity contribution >= 4 is 11.6 Å². The third kappa shape index (κ3) is 1.93. The van der Waals surface area contributed by atoms with Crippen LogP contribution in [0.15, 0.2) is 42.5 Å². The average Bonchev–Trinajstić information content (AvgIpc) is 2.29. The molecule has 0 fully saturated rings. The highest BCUT2D eigenvalue weighted by atomic mass is 35.5. The van der Waals surface area contributed by atoms with Gasteiger partial charge in [-0.05, 0) is 17.7 Å². The summed E-state index contributed by atoms with van der Waals surface area (Å²) in [6, 6.07) is 11.2. The van der Waals surface area contributed by atoms with Crippen molar-refractivity contribution in [3.05, 3.63) is 58.9 Å². The van der Waals surface area contributed by atoms with Gasteiger partial charge in [0.2, 0.25) is 0 Å². The second-order valence-electron chi connectivity index (χ2n) is 3.38. The van der Waals surface area contributed by atoms with E-state index in [1.54, 1.807) is 36.4 Å². The van der Waals surface area contributed by atoms with Gasteiger partial charge in [-0.2, -0.15) is 0 Å². The molecule has 0 spiro atoms. The number of hydrogen-bond acceptors (Lipinski definition) is 0. The molecule has 0 aliphatic rings. The largest absolute Gasteiger partial charge is 0.246 e. The minimum absolute atomic E-state index is 0.322. The Labute approximate surface area is 97.5 Å². The Balaban J connectivity index is 2.65. The van der Waals surface area contributed by atoms with Crippen LogP contribution in [0.1, 0.15) is 5.56 Å². The van der Waals surface area contributed by atoms with Crippen molar-refractivity contribution in [2.45, 2.75) is 6.67 Å². The summed E-state index contributed by atoms with van der Waals surface area (Å²) < 4.78 is 26.4. The van der Waals surface area contributed by atoms with Crippen molar-refractivity contribution < 1.29 is 8.78 Å². The van der Waals surface area contributed by atoms with Crippen molar-refractivity contribution in [1.82, 2.24) is 0 Å². The van der Waals surface area contributed by atoms with Crippen LogP contribution in [0.2, 0.25) is 5.02 Å². The average molecular weight is 239 g/mol. The third-order valence-electron chi connectivity index (χ3n) is 2.42. The summed E-state index contributed by atoms with van der Waals surface area (Å²) in [7, 11) is 0. The van der Waals surface area contributed by atoms with Crippen LogP contribution in [0, 0.1) is 5.82 Å². The molecule has 0 amide bonds. The van der Waals surface area contributed by atoms with Crippen molar-refractivity contribution in [3.63, 3.8) is 0 Å². The van der Waals surface area contributed by atoms with E-state index in [1.165, 1.54) is 6.07 Å². The number of halogens is 3. The standard InChI is InChI=1S/C13H9ClF2/c14-12-6-3-5-9(11(12)8-15)10-4-1-2-7-13(10)16/h1-7H,8H2. The zero-order valence-corrected chi connectivity index (χ0v) is 9.14. The lowest BCUT2D eigenvalue weighted by Crippen LogP contribution is -1.90. The molecule has 0 aliphatic heterocycles. The first-order valence-corrected chi connectivity index (χ1v) is 5.20. The van der Waals surface area contributed by atoms with E-state index in [9.17, 15) is 8.78 Å². The Bertz CT molecular complexity index is 509. The van der Waals surface area contributed by atoms with Gasteiger partial charge in [0.1, 0.15) is 12.5 Å². The van der Waals surface area contributed by atoms with Gasteiger partial charge in [0.25, 0.3) is 0 Å². The van der Waals surface area contributed by atoms with Crippen LogP contribution >= 0.6 is 11.6 Å². The molecular weight excluding hydrogens is 230 g/mol. The lowest BCUT2D eigenvalue weighted by Gasteiger charge is -2.09. The topological polar surface area (TPSA) is 0 Å². The van der Waals surface area contributed by atoms with Crippen molar-refractivity contribution in [3.8, 4) is 11.1 Å². The maximum Gasteiger partial charge on any atom is 0.131 e. The van der Waals surface area contributed by atoms with Crippen LogP contribution in [0.5, 0.6) is 0 Å². The van der Waals surface area contributed by atoms with Gasteiger partial charge in [0.05, 0.1) is 0 Å². The molecule has 0 N–H and O–H groups in total. The van der Waals surface area contributed by atoms with Crippen LogP contribution in [0.3, 0.4) is 0 Å². The molecule has 0 radical (unpaired) electrons. The molecule has 2 aromatic rings. The van der Waals surface area contributed by atoms with Crippen molar-refractivity contribution in [1.29, 1.82) is 0 Å². The second-order valence-corrected chi connectivity index (χ2v) is 3.79. The first-order chi connectivity index (χ1) is 7.74. The predicted octanol–water partition coefficient (Wildman–Crippen LogP) is 4.62. The van der Waals surface area contributed by atoms with E-state index < -0.39 is 6.67 Å². The van der Waals surface area contributed by atoms with Crippen LogP contribution in [0.4, 0.5) is 8.78 Å². The minimum Gasteiger partial charge on any atom is -0.246 e. The molecule has 2 aromatic carbocycles. The molecule has 0 unspecified atom stereocenters. The third-order valence-corrected chi connectivity index (χ3v) is 2.77. The van der Waals surface area contributed by atoms with Crippen LogP contribution in [-0.2, 0) is 6.67 Å². The maximum atomic E-state index is 13.6. The monoisotopic (exact) mass is 238 g/mol. The van der Waals surface area contributed by atoms with Gasteiger partial charge in [-0.15, -0.1) is 0 Å². The second kappa shape index (κ2) is 4.62. The Morgan fingerprint density at radius 2 is 1.62 bits per heavy atom. The summed E-state index contributed by atoms with van der Waals surface area (Å²) in [5, 5.41) is 0.322. The van der Waals surface area contributed by atoms with Gasteiger partial charge < -0.3 is 0 Å². The van der Waals surface area contributed by atoms with Crippen molar-refractivity contribution in [2.24, 2.45) is 0 Å². The Hall–Kier alpha value is -1.41. The number of rotatable bonds is 2. The quantitative estimate of drug-likeness (QED) is 0.716. The van der Waals surface area contributed by atoms with Crippen LogP contribution < -0.4 is 0 Å². The molecular formula is C13H9ClF2. The summed E-state index contributed by atoms with van der Waals surface area (Å²) in [5.74, 6) is -0.375. The fourth-order valence-electron chi connectivity index (χ4n) is 1.63. The van der Waals surface area contributed by atoms with E-state index in [2.05, 4.69) is 0 Å². The lowest BCUT2D eigenvalue weighted by atomic mass is 10.00. The van der Waals surface area contributed by atoms with Crippen LogP contribution in [0.25, 0.3) is 11.1 Å². The number of hydrogen-bond donors (Lipinski definition) is 0. The molecule has 82 valence electrons. The molecule has 16 heavy (non-hydrogen) atoms. The summed E-state index contributed by atoms with van der Waals surface area (Å²) >= 11 is 5.87. The molecule has 0 saturated heterocycles. The first-order valence-electron chi connectivity index (χ1n) is 4.82. The molecule has 0 bridgehead atoms. The molecule has 0 atom stereocenters. The normalized spacial score (nSPS) is 10.4. The molecule has 3 heteroatoms. The molecule has 0 nitrogen and oxygen atoms in total. The lowest BCUT2D eigenvalue weighted by molar-refractivity contribution is 0.486. The van der Waals surface area contributed by atoms with Gasteiger partial charge in [0.15, 0.2) is 0 Å². The Morgan fingerprint density at radius 1 is 0.938 bits per heavy atom. The SMILES string of the molecule is FCc1c(Cl)cccc1-c1ccccc1F. The molecule has 0 aromatic heterocycles. The summed E-state index contributed by atoms with van der Waals surface area (Å²) in [6.07, 6.45) is 0. The van der Waals surface area contributed by atoms with Gasteiger partial charge in [-0.3, -0.25) is 0 Å². The summed E-state index contributed by atoms with van der Waals surface area (Å²) in [5.41, 5.74) is 1.21. The highest BCUT2D eigenvalue weighted by molar-refractivity contribution is 6.31. The molecule has 0 aliphatic carbocycles. The minimum atomic E-state index is -0.705. The fraction of sp³-hybridized carbons (Fsp3) is 0.0769. The molecule has 0 saturated carbocycles. The fourth-order valence-corrected chi connectivity index (χ4v) is 1.85. The summed E-state index contributed by atoms with van der Waals surface area (Å²) in [4.78, 5) is 0. The molecule has 2 rings (SSSR count). The van der Waals surface area contributed by atoms with Gasteiger partial charge in [0, 0.05) is 16.1 Å². The van der Waals surface area contributed by atoms with Gasteiger partial charge in [-0.25, -0.2) is 8.78 Å². The van der Waals surface area contributed by atoms with E-state index in [1.807, 2.05) is 0 Å². The van der Waals surface area contributed by atoms with Crippen molar-refractivity contribution in [2.75, 3.05) is 0 Å². The maximum absolute atomic E-state index is 13.6. The first kappa shape index (κ1) is 11.1. The highest BCUT2D eigenvalue weighted by Crippen LogP contribution is 2.31. The zero-order valence-electron chi connectivity index (χ0n) is 8.38. The smallest absolute Gasteiger partial charge is 0.131 e. The van der Waals surface area contributed by atoms with Gasteiger partial charge >= 0.3 is 0 Å². The Morgan fingerprint density at radius 3 is 2.31 bits per heavy atom. The van der Waals surface area contributed by atoms with Gasteiger partial charge in [-0.1, -0.05) is 41.9 Å². The van der Waals surface area contributed by atoms with E-state index in [4.69, 9.17) is 11.6 Å². The van der Waals surface area contributed by atoms with E-state index in [0.29, 0.717) is 21.7 Å². The predicted molar refractivity (Wildman–Crippen MR) is 61.7 cm³/mol. The number of alkyl halides is 1. The highest BCUT2D eigenvalue weighted by Gasteiger charge is 2.11. The molecule has 0 heterocycles. The number of benzene rings is 2. The van der Waals surface area contributed by atoms with Crippen LogP contribution in [-0.4, -0.2) is 0 Å². The Kier molecular flexibility index (Phi) is 3.20. The van der Waals surface area contributed by atoms with E-state index >= 15 is 0 Å². The zero-order chi connectivity index (χ0) is 11.5. The van der Waals surface area contributed by atoms with E-state index in [0.717, 1.165) is 0 Å². The summed E-state index contributed by atoms with van der Waals surface area (Å²) in [6.45, 7) is -0.705.